The van der Waals surface area contributed by atoms with E-state index in [0.717, 1.165) is 31.0 Å². The summed E-state index contributed by atoms with van der Waals surface area (Å²) in [7, 11) is 0. The van der Waals surface area contributed by atoms with Crippen LogP contribution in [0.2, 0.25) is 0 Å². The monoisotopic (exact) mass is 328 g/mol. The summed E-state index contributed by atoms with van der Waals surface area (Å²) in [4.78, 5) is 2.39. The van der Waals surface area contributed by atoms with Gasteiger partial charge in [0.2, 0.25) is 0 Å². The molecule has 0 saturated carbocycles. The van der Waals surface area contributed by atoms with Gasteiger partial charge in [-0.1, -0.05) is 48.5 Å². The van der Waals surface area contributed by atoms with Crippen LogP contribution in [0.25, 0.3) is 11.0 Å². The largest absolute Gasteiger partial charge is 0.460 e. The molecular weight excluding hydrogens is 308 g/mol. The Morgan fingerprint density at radius 2 is 1.74 bits per heavy atom. The summed E-state index contributed by atoms with van der Waals surface area (Å²) in [5.74, 6) is 1.42. The number of nitrogens with zero attached hydrogens (tertiary/aromatic N) is 1. The third-order valence-corrected chi connectivity index (χ3v) is 4.52. The smallest absolute Gasteiger partial charge is 0.134 e. The SMILES string of the molecule is Cl.N[C@@H]1CN(Cc2cc3ccccc3o2)C[C@H]1c1ccccc1. The van der Waals surface area contributed by atoms with Crippen LogP contribution < -0.4 is 5.73 Å². The van der Waals surface area contributed by atoms with Crippen LogP contribution in [0.1, 0.15) is 17.2 Å². The topological polar surface area (TPSA) is 42.4 Å². The van der Waals surface area contributed by atoms with E-state index in [-0.39, 0.29) is 18.4 Å². The van der Waals surface area contributed by atoms with Crippen LogP contribution in [0.15, 0.2) is 65.1 Å². The normalized spacial score (nSPS) is 21.4. The van der Waals surface area contributed by atoms with Gasteiger partial charge in [-0.05, 0) is 17.7 Å². The number of likely N-dealkylation sites (tertiary alicyclic amines) is 1. The number of benzene rings is 2. The predicted octanol–water partition coefficient (Wildman–Crippen LogP) is 3.78. The predicted molar refractivity (Wildman–Crippen MR) is 95.9 cm³/mol. The van der Waals surface area contributed by atoms with Crippen molar-refractivity contribution >= 4 is 23.4 Å². The molecule has 2 aromatic carbocycles. The number of hydrogen-bond acceptors (Lipinski definition) is 3. The van der Waals surface area contributed by atoms with E-state index in [1.165, 1.54) is 10.9 Å². The van der Waals surface area contributed by atoms with Gasteiger partial charge in [-0.25, -0.2) is 0 Å². The molecule has 1 aliphatic heterocycles. The highest BCUT2D eigenvalue weighted by Crippen LogP contribution is 2.28. The molecule has 0 unspecified atom stereocenters. The van der Waals surface area contributed by atoms with Crippen molar-refractivity contribution in [1.29, 1.82) is 0 Å². The zero-order chi connectivity index (χ0) is 14.9. The Kier molecular flexibility index (Phi) is 4.71. The quantitative estimate of drug-likeness (QED) is 0.795. The van der Waals surface area contributed by atoms with Gasteiger partial charge in [-0.2, -0.15) is 0 Å². The van der Waals surface area contributed by atoms with Crippen molar-refractivity contribution in [1.82, 2.24) is 4.90 Å². The highest BCUT2D eigenvalue weighted by molar-refractivity contribution is 5.85. The maximum Gasteiger partial charge on any atom is 0.134 e. The molecule has 1 fully saturated rings. The molecule has 4 rings (SSSR count). The van der Waals surface area contributed by atoms with Gasteiger partial charge in [0.25, 0.3) is 0 Å². The average Bonchev–Trinajstić information content (AvgIpc) is 3.11. The van der Waals surface area contributed by atoms with E-state index < -0.39 is 0 Å². The standard InChI is InChI=1S/C19H20N2O.ClH/c20-18-13-21(12-17(18)14-6-2-1-3-7-14)11-16-10-15-8-4-5-9-19(15)22-16;/h1-10,17-18H,11-13,20H2;1H/t17-,18+;/m0./s1. The second kappa shape index (κ2) is 6.75. The molecule has 2 heterocycles. The van der Waals surface area contributed by atoms with Crippen molar-refractivity contribution in [3.63, 3.8) is 0 Å². The highest BCUT2D eigenvalue weighted by atomic mass is 35.5. The Morgan fingerprint density at radius 3 is 2.52 bits per heavy atom. The minimum absolute atomic E-state index is 0. The average molecular weight is 329 g/mol. The summed E-state index contributed by atoms with van der Waals surface area (Å²) in [5.41, 5.74) is 8.65. The van der Waals surface area contributed by atoms with Crippen molar-refractivity contribution in [3.8, 4) is 0 Å². The third kappa shape index (κ3) is 3.27. The summed E-state index contributed by atoms with van der Waals surface area (Å²) >= 11 is 0. The van der Waals surface area contributed by atoms with Gasteiger partial charge in [-0.3, -0.25) is 4.90 Å². The van der Waals surface area contributed by atoms with E-state index in [1.807, 2.05) is 18.2 Å². The van der Waals surface area contributed by atoms with Crippen LogP contribution in [0.3, 0.4) is 0 Å². The minimum atomic E-state index is 0. The Hall–Kier alpha value is -1.81. The molecule has 2 N–H and O–H groups in total. The van der Waals surface area contributed by atoms with E-state index in [9.17, 15) is 0 Å². The minimum Gasteiger partial charge on any atom is -0.460 e. The van der Waals surface area contributed by atoms with Crippen LogP contribution in [-0.4, -0.2) is 24.0 Å². The van der Waals surface area contributed by atoms with E-state index in [4.69, 9.17) is 10.2 Å². The van der Waals surface area contributed by atoms with Crippen molar-refractivity contribution in [2.75, 3.05) is 13.1 Å². The molecule has 1 aromatic heterocycles. The second-order valence-corrected chi connectivity index (χ2v) is 6.13. The Balaban J connectivity index is 0.00000156. The molecule has 0 spiro atoms. The van der Waals surface area contributed by atoms with Crippen LogP contribution in [-0.2, 0) is 6.54 Å². The molecule has 3 nitrogen and oxygen atoms in total. The van der Waals surface area contributed by atoms with E-state index >= 15 is 0 Å². The first-order valence-corrected chi connectivity index (χ1v) is 7.80. The third-order valence-electron chi connectivity index (χ3n) is 4.52. The van der Waals surface area contributed by atoms with Crippen LogP contribution in [0.5, 0.6) is 0 Å². The fourth-order valence-electron chi connectivity index (χ4n) is 3.43. The molecule has 4 heteroatoms. The van der Waals surface area contributed by atoms with Gasteiger partial charge in [0.1, 0.15) is 11.3 Å². The summed E-state index contributed by atoms with van der Waals surface area (Å²) < 4.78 is 5.92. The maximum absolute atomic E-state index is 6.36. The molecule has 120 valence electrons. The highest BCUT2D eigenvalue weighted by Gasteiger charge is 2.31. The second-order valence-electron chi connectivity index (χ2n) is 6.13. The number of para-hydroxylation sites is 1. The molecule has 1 aliphatic rings. The number of furan rings is 1. The molecule has 23 heavy (non-hydrogen) atoms. The van der Waals surface area contributed by atoms with Gasteiger partial charge in [0.05, 0.1) is 6.54 Å². The Morgan fingerprint density at radius 1 is 1.00 bits per heavy atom. The summed E-state index contributed by atoms with van der Waals surface area (Å²) in [5, 5.41) is 1.17. The lowest BCUT2D eigenvalue weighted by Gasteiger charge is -2.15. The lowest BCUT2D eigenvalue weighted by atomic mass is 9.95. The molecule has 0 amide bonds. The molecule has 0 aliphatic carbocycles. The number of rotatable bonds is 3. The number of hydrogen-bond donors (Lipinski definition) is 1. The van der Waals surface area contributed by atoms with Gasteiger partial charge >= 0.3 is 0 Å². The Labute approximate surface area is 142 Å². The van der Waals surface area contributed by atoms with Crippen molar-refractivity contribution in [3.05, 3.63) is 72.0 Å². The zero-order valence-corrected chi connectivity index (χ0v) is 13.7. The lowest BCUT2D eigenvalue weighted by molar-refractivity contribution is 0.296. The molecule has 2 atom stereocenters. The van der Waals surface area contributed by atoms with E-state index in [1.54, 1.807) is 0 Å². The Bertz CT molecular complexity index is 738. The fourth-order valence-corrected chi connectivity index (χ4v) is 3.43. The van der Waals surface area contributed by atoms with Crippen molar-refractivity contribution in [2.45, 2.75) is 18.5 Å². The number of nitrogens with two attached hydrogens (primary N) is 1. The van der Waals surface area contributed by atoms with Crippen molar-refractivity contribution < 1.29 is 4.42 Å². The van der Waals surface area contributed by atoms with Gasteiger partial charge in [-0.15, -0.1) is 12.4 Å². The first kappa shape index (κ1) is 16.1. The fraction of sp³-hybridized carbons (Fsp3) is 0.263. The maximum atomic E-state index is 6.36. The lowest BCUT2D eigenvalue weighted by Crippen LogP contribution is -2.28. The van der Waals surface area contributed by atoms with Crippen molar-refractivity contribution in [2.24, 2.45) is 5.73 Å². The molecule has 1 saturated heterocycles. The molecule has 0 radical (unpaired) electrons. The molecular formula is C19H21ClN2O. The van der Waals surface area contributed by atoms with Crippen LogP contribution in [0, 0.1) is 0 Å². The summed E-state index contributed by atoms with van der Waals surface area (Å²) in [6.45, 7) is 2.73. The summed E-state index contributed by atoms with van der Waals surface area (Å²) in [6.07, 6.45) is 0. The summed E-state index contributed by atoms with van der Waals surface area (Å²) in [6, 6.07) is 21.1. The van der Waals surface area contributed by atoms with Crippen LogP contribution >= 0.6 is 12.4 Å². The number of fused-ring (bicyclic) bond motifs is 1. The zero-order valence-electron chi connectivity index (χ0n) is 12.9. The first-order chi connectivity index (χ1) is 10.8. The van der Waals surface area contributed by atoms with Gasteiger partial charge in [0.15, 0.2) is 0 Å². The van der Waals surface area contributed by atoms with E-state index in [2.05, 4.69) is 47.4 Å². The van der Waals surface area contributed by atoms with Gasteiger partial charge in [0, 0.05) is 30.4 Å². The molecule has 3 aromatic rings. The van der Waals surface area contributed by atoms with E-state index in [0.29, 0.717) is 5.92 Å². The van der Waals surface area contributed by atoms with Gasteiger partial charge < -0.3 is 10.2 Å². The molecule has 0 bridgehead atoms. The van der Waals surface area contributed by atoms with Crippen LogP contribution in [0.4, 0.5) is 0 Å². The number of halogens is 1. The first-order valence-electron chi connectivity index (χ1n) is 7.80.